The van der Waals surface area contributed by atoms with Gasteiger partial charge >= 0.3 is 0 Å². The van der Waals surface area contributed by atoms with Gasteiger partial charge in [-0.2, -0.15) is 0 Å². The molecule has 1 aliphatic rings. The van der Waals surface area contributed by atoms with Crippen LogP contribution in [0.5, 0.6) is 0 Å². The molecule has 2 amide bonds. The Kier molecular flexibility index (Phi) is 7.56. The number of anilines is 1. The second-order valence-corrected chi connectivity index (χ2v) is 10.5. The van der Waals surface area contributed by atoms with Crippen molar-refractivity contribution in [2.75, 3.05) is 18.4 Å². The third-order valence-electron chi connectivity index (χ3n) is 7.13. The topological polar surface area (TPSA) is 71.4 Å². The molecule has 192 valence electrons. The zero-order valence-electron chi connectivity index (χ0n) is 21.1. The van der Waals surface area contributed by atoms with Gasteiger partial charge in [0, 0.05) is 41.9 Å². The van der Waals surface area contributed by atoms with E-state index < -0.39 is 0 Å². The number of pyridine rings is 1. The Labute approximate surface area is 230 Å². The SMILES string of the molecule is Cn1c(C(=O)Nc2ccc(C3CCN(C(=O)c4ccc(-c5cccc(Br)c5)cc4)CC3)cc2)cccc1=O. The number of aromatic nitrogens is 1. The van der Waals surface area contributed by atoms with E-state index in [-0.39, 0.29) is 17.4 Å². The van der Waals surface area contributed by atoms with Gasteiger partial charge in [0.25, 0.3) is 17.4 Å². The first-order valence-electron chi connectivity index (χ1n) is 12.6. The number of carbonyl (C=O) groups excluding carboxylic acids is 2. The molecule has 38 heavy (non-hydrogen) atoms. The van der Waals surface area contributed by atoms with Gasteiger partial charge in [-0.1, -0.05) is 58.4 Å². The Bertz CT molecular complexity index is 1520. The van der Waals surface area contributed by atoms with Gasteiger partial charge in [0.1, 0.15) is 5.69 Å². The molecule has 0 bridgehead atoms. The monoisotopic (exact) mass is 569 g/mol. The third-order valence-corrected chi connectivity index (χ3v) is 7.62. The average Bonchev–Trinajstić information content (AvgIpc) is 2.95. The maximum absolute atomic E-state index is 13.1. The van der Waals surface area contributed by atoms with Crippen molar-refractivity contribution in [2.24, 2.45) is 7.05 Å². The van der Waals surface area contributed by atoms with Gasteiger partial charge in [-0.25, -0.2) is 0 Å². The van der Waals surface area contributed by atoms with Crippen molar-refractivity contribution < 1.29 is 9.59 Å². The van der Waals surface area contributed by atoms with Gasteiger partial charge in [-0.3, -0.25) is 14.4 Å². The third kappa shape index (κ3) is 5.63. The molecule has 0 aliphatic carbocycles. The molecule has 1 N–H and O–H groups in total. The predicted molar refractivity (Wildman–Crippen MR) is 154 cm³/mol. The molecule has 1 fully saturated rings. The number of carbonyl (C=O) groups is 2. The fraction of sp³-hybridized carbons (Fsp3) is 0.194. The summed E-state index contributed by atoms with van der Waals surface area (Å²) in [5.74, 6) is 0.102. The summed E-state index contributed by atoms with van der Waals surface area (Å²) < 4.78 is 2.35. The zero-order chi connectivity index (χ0) is 26.6. The van der Waals surface area contributed by atoms with Crippen LogP contribution in [-0.4, -0.2) is 34.4 Å². The van der Waals surface area contributed by atoms with Crippen LogP contribution in [0.15, 0.2) is 100 Å². The summed E-state index contributed by atoms with van der Waals surface area (Å²) in [5.41, 5.74) is 4.84. The average molecular weight is 570 g/mol. The van der Waals surface area contributed by atoms with Crippen LogP contribution < -0.4 is 10.9 Å². The normalized spacial score (nSPS) is 13.8. The number of benzene rings is 3. The van der Waals surface area contributed by atoms with Gasteiger partial charge in [-0.05, 0) is 77.9 Å². The Hall–Kier alpha value is -3.97. The molecule has 3 aromatic carbocycles. The van der Waals surface area contributed by atoms with Gasteiger partial charge < -0.3 is 14.8 Å². The lowest BCUT2D eigenvalue weighted by Crippen LogP contribution is -2.37. The van der Waals surface area contributed by atoms with Crippen LogP contribution in [0.25, 0.3) is 11.1 Å². The molecule has 7 heteroatoms. The molecule has 0 unspecified atom stereocenters. The number of piperidine rings is 1. The number of rotatable bonds is 5. The molecule has 4 aromatic rings. The van der Waals surface area contributed by atoms with Crippen LogP contribution in [-0.2, 0) is 7.05 Å². The molecule has 5 rings (SSSR count). The summed E-state index contributed by atoms with van der Waals surface area (Å²) in [5, 5.41) is 2.86. The molecule has 2 heterocycles. The Morgan fingerprint density at radius 1 is 0.842 bits per heavy atom. The van der Waals surface area contributed by atoms with Crippen molar-refractivity contribution >= 4 is 33.4 Å². The number of nitrogens with one attached hydrogen (secondary N) is 1. The predicted octanol–water partition coefficient (Wildman–Crippen LogP) is 6.09. The first-order valence-corrected chi connectivity index (χ1v) is 13.4. The van der Waals surface area contributed by atoms with Gasteiger partial charge in [0.2, 0.25) is 0 Å². The Morgan fingerprint density at radius 2 is 1.53 bits per heavy atom. The molecule has 6 nitrogen and oxygen atoms in total. The maximum Gasteiger partial charge on any atom is 0.272 e. The second-order valence-electron chi connectivity index (χ2n) is 9.54. The molecule has 1 saturated heterocycles. The summed E-state index contributed by atoms with van der Waals surface area (Å²) in [7, 11) is 1.58. The first kappa shape index (κ1) is 25.7. The Morgan fingerprint density at radius 3 is 2.21 bits per heavy atom. The molecular weight excluding hydrogens is 542 g/mol. The van der Waals surface area contributed by atoms with E-state index in [0.717, 1.165) is 28.4 Å². The lowest BCUT2D eigenvalue weighted by molar-refractivity contribution is 0.0713. The van der Waals surface area contributed by atoms with E-state index in [1.54, 1.807) is 19.2 Å². The molecule has 0 radical (unpaired) electrons. The smallest absolute Gasteiger partial charge is 0.272 e. The van der Waals surface area contributed by atoms with Crippen molar-refractivity contribution in [3.63, 3.8) is 0 Å². The highest BCUT2D eigenvalue weighted by atomic mass is 79.9. The molecule has 0 saturated carbocycles. The van der Waals surface area contributed by atoms with Crippen LogP contribution in [0.3, 0.4) is 0 Å². The molecule has 0 atom stereocenters. The van der Waals surface area contributed by atoms with Crippen LogP contribution in [0.1, 0.15) is 45.2 Å². The molecule has 1 aromatic heterocycles. The standard InChI is InChI=1S/C31H28BrN3O3/c1-34-28(6-3-7-29(34)36)30(37)33-27-14-12-21(13-15-27)23-16-18-35(19-17-23)31(38)24-10-8-22(9-11-24)25-4-2-5-26(32)20-25/h2-15,20,23H,16-19H2,1H3,(H,33,37). The maximum atomic E-state index is 13.1. The minimum atomic E-state index is -0.325. The van der Waals surface area contributed by atoms with E-state index in [9.17, 15) is 14.4 Å². The number of hydrogen-bond acceptors (Lipinski definition) is 3. The van der Waals surface area contributed by atoms with Crippen LogP contribution in [0.4, 0.5) is 5.69 Å². The quantitative estimate of drug-likeness (QED) is 0.316. The van der Waals surface area contributed by atoms with Gasteiger partial charge in [-0.15, -0.1) is 0 Å². The fourth-order valence-electron chi connectivity index (χ4n) is 4.90. The van der Waals surface area contributed by atoms with Gasteiger partial charge in [0.15, 0.2) is 0 Å². The van der Waals surface area contributed by atoms with E-state index in [1.165, 1.54) is 16.2 Å². The van der Waals surface area contributed by atoms with Crippen LogP contribution >= 0.6 is 15.9 Å². The number of hydrogen-bond donors (Lipinski definition) is 1. The summed E-state index contributed by atoms with van der Waals surface area (Å²) in [4.78, 5) is 39.4. The largest absolute Gasteiger partial charge is 0.339 e. The van der Waals surface area contributed by atoms with E-state index in [2.05, 4.69) is 33.4 Å². The first-order chi connectivity index (χ1) is 18.4. The molecule has 1 aliphatic heterocycles. The minimum absolute atomic E-state index is 0.0672. The van der Waals surface area contributed by atoms with E-state index >= 15 is 0 Å². The summed E-state index contributed by atoms with van der Waals surface area (Å²) >= 11 is 3.51. The summed E-state index contributed by atoms with van der Waals surface area (Å²) in [6, 6.07) is 28.4. The Balaban J connectivity index is 1.17. The van der Waals surface area contributed by atoms with Crippen molar-refractivity contribution in [2.45, 2.75) is 18.8 Å². The van der Waals surface area contributed by atoms with Crippen LogP contribution in [0, 0.1) is 0 Å². The number of nitrogens with zero attached hydrogens (tertiary/aromatic N) is 2. The van der Waals surface area contributed by atoms with Crippen molar-refractivity contribution in [1.29, 1.82) is 0 Å². The van der Waals surface area contributed by atoms with Gasteiger partial charge in [0.05, 0.1) is 0 Å². The van der Waals surface area contributed by atoms with Crippen LogP contribution in [0.2, 0.25) is 0 Å². The number of halogens is 1. The van der Waals surface area contributed by atoms with E-state index in [0.29, 0.717) is 36.0 Å². The zero-order valence-corrected chi connectivity index (χ0v) is 22.6. The summed E-state index contributed by atoms with van der Waals surface area (Å²) in [6.07, 6.45) is 1.78. The molecule has 0 spiro atoms. The minimum Gasteiger partial charge on any atom is -0.339 e. The highest BCUT2D eigenvalue weighted by Gasteiger charge is 2.24. The molecular formula is C31H28BrN3O3. The summed E-state index contributed by atoms with van der Waals surface area (Å²) in [6.45, 7) is 1.41. The highest BCUT2D eigenvalue weighted by molar-refractivity contribution is 9.10. The highest BCUT2D eigenvalue weighted by Crippen LogP contribution is 2.30. The van der Waals surface area contributed by atoms with Crippen molar-refractivity contribution in [3.05, 3.63) is 123 Å². The van der Waals surface area contributed by atoms with E-state index in [4.69, 9.17) is 0 Å². The van der Waals surface area contributed by atoms with Crippen molar-refractivity contribution in [1.82, 2.24) is 9.47 Å². The fourth-order valence-corrected chi connectivity index (χ4v) is 5.30. The van der Waals surface area contributed by atoms with Crippen molar-refractivity contribution in [3.8, 4) is 11.1 Å². The van der Waals surface area contributed by atoms with E-state index in [1.807, 2.05) is 65.6 Å². The lowest BCUT2D eigenvalue weighted by atomic mass is 9.89. The second kappa shape index (κ2) is 11.2. The number of likely N-dealkylation sites (tertiary alicyclic amines) is 1. The lowest BCUT2D eigenvalue weighted by Gasteiger charge is -2.32. The number of amides is 2.